The van der Waals surface area contributed by atoms with E-state index in [0.29, 0.717) is 17.5 Å². The Morgan fingerprint density at radius 2 is 2.04 bits per heavy atom. The van der Waals surface area contributed by atoms with Crippen LogP contribution in [0.15, 0.2) is 35.1 Å². The first-order chi connectivity index (χ1) is 13.0. The van der Waals surface area contributed by atoms with Crippen LogP contribution in [-0.4, -0.2) is 26.1 Å². The smallest absolute Gasteiger partial charge is 0.273 e. The van der Waals surface area contributed by atoms with Crippen LogP contribution in [0.2, 0.25) is 0 Å². The molecular formula is C21H26N4O2. The van der Waals surface area contributed by atoms with Gasteiger partial charge in [-0.1, -0.05) is 38.8 Å². The van der Waals surface area contributed by atoms with E-state index in [1.54, 1.807) is 0 Å². The maximum atomic E-state index is 12.9. The third-order valence-electron chi connectivity index (χ3n) is 6.09. The van der Waals surface area contributed by atoms with Crippen molar-refractivity contribution >= 4 is 22.5 Å². The summed E-state index contributed by atoms with van der Waals surface area (Å²) in [5.41, 5.74) is 2.01. The molecule has 0 bridgehead atoms. The first-order valence-corrected chi connectivity index (χ1v) is 9.73. The highest BCUT2D eigenvalue weighted by Gasteiger charge is 2.28. The third kappa shape index (κ3) is 3.13. The van der Waals surface area contributed by atoms with Crippen molar-refractivity contribution < 1.29 is 4.79 Å². The van der Waals surface area contributed by atoms with E-state index < -0.39 is 0 Å². The van der Waals surface area contributed by atoms with Crippen LogP contribution in [0, 0.1) is 18.8 Å². The Bertz CT molecular complexity index is 1070. The predicted molar refractivity (Wildman–Crippen MR) is 106 cm³/mol. The summed E-state index contributed by atoms with van der Waals surface area (Å²) in [6, 6.07) is 9.50. The Hall–Kier alpha value is -2.63. The molecule has 2 heterocycles. The van der Waals surface area contributed by atoms with Crippen LogP contribution < -0.4 is 10.9 Å². The van der Waals surface area contributed by atoms with E-state index in [1.165, 1.54) is 12.5 Å². The number of para-hydroxylation sites is 1. The number of fused-ring (bicyclic) bond motifs is 3. The molecule has 4 rings (SSSR count). The summed E-state index contributed by atoms with van der Waals surface area (Å²) in [7, 11) is 0. The van der Waals surface area contributed by atoms with Crippen molar-refractivity contribution in [1.82, 2.24) is 19.5 Å². The van der Waals surface area contributed by atoms with Gasteiger partial charge >= 0.3 is 0 Å². The van der Waals surface area contributed by atoms with E-state index in [2.05, 4.69) is 24.1 Å². The van der Waals surface area contributed by atoms with Crippen molar-refractivity contribution in [3.63, 3.8) is 0 Å². The molecule has 1 aliphatic rings. The van der Waals surface area contributed by atoms with E-state index in [-0.39, 0.29) is 24.1 Å². The molecule has 0 saturated heterocycles. The highest BCUT2D eigenvalue weighted by molar-refractivity contribution is 5.93. The number of nitrogens with zero attached hydrogens (tertiary/aromatic N) is 3. The van der Waals surface area contributed by atoms with Crippen LogP contribution in [0.4, 0.5) is 0 Å². The van der Waals surface area contributed by atoms with Crippen molar-refractivity contribution in [2.45, 2.75) is 52.6 Å². The van der Waals surface area contributed by atoms with E-state index >= 15 is 0 Å². The number of aryl methyl sites for hydroxylation is 1. The second kappa shape index (κ2) is 6.83. The second-order valence-corrected chi connectivity index (χ2v) is 7.89. The van der Waals surface area contributed by atoms with Crippen LogP contribution in [0.3, 0.4) is 0 Å². The van der Waals surface area contributed by atoms with Gasteiger partial charge in [0.1, 0.15) is 6.54 Å². The lowest BCUT2D eigenvalue weighted by Gasteiger charge is -2.34. The molecule has 6 heteroatoms. The predicted octanol–water partition coefficient (Wildman–Crippen LogP) is 2.90. The summed E-state index contributed by atoms with van der Waals surface area (Å²) in [5.74, 6) is 1.12. The molecule has 0 unspecified atom stereocenters. The van der Waals surface area contributed by atoms with Gasteiger partial charge in [-0.25, -0.2) is 4.52 Å². The number of benzene rings is 1. The summed E-state index contributed by atoms with van der Waals surface area (Å²) in [6.45, 7) is 6.57. The minimum atomic E-state index is -0.259. The second-order valence-electron chi connectivity index (χ2n) is 7.89. The fourth-order valence-corrected chi connectivity index (χ4v) is 4.40. The molecule has 1 fully saturated rings. The number of amides is 1. The number of hydrogen-bond donors (Lipinski definition) is 1. The molecule has 1 N–H and O–H groups in total. The van der Waals surface area contributed by atoms with Gasteiger partial charge in [0.15, 0.2) is 5.65 Å². The average Bonchev–Trinajstić information content (AvgIpc) is 2.93. The van der Waals surface area contributed by atoms with E-state index in [0.717, 1.165) is 29.4 Å². The summed E-state index contributed by atoms with van der Waals surface area (Å²) in [5, 5.41) is 4.12. The van der Waals surface area contributed by atoms with Gasteiger partial charge in [0.05, 0.1) is 5.52 Å². The highest BCUT2D eigenvalue weighted by atomic mass is 16.2. The number of rotatable bonds is 3. The lowest BCUT2D eigenvalue weighted by molar-refractivity contribution is -0.123. The minimum absolute atomic E-state index is 0.00158. The molecule has 0 aliphatic heterocycles. The summed E-state index contributed by atoms with van der Waals surface area (Å²) in [4.78, 5) is 29.0. The molecule has 0 radical (unpaired) electrons. The maximum Gasteiger partial charge on any atom is 0.273 e. The first-order valence-electron chi connectivity index (χ1n) is 9.73. The fourth-order valence-electron chi connectivity index (χ4n) is 4.40. The van der Waals surface area contributed by atoms with Crippen molar-refractivity contribution in [3.05, 3.63) is 46.4 Å². The molecule has 0 spiro atoms. The van der Waals surface area contributed by atoms with Gasteiger partial charge in [0, 0.05) is 23.2 Å². The SMILES string of the molecule is Cc1cc(=O)nc2c3ccccc3n(CC(=O)N[C@@H]3CCC[C@@H](C)[C@H]3C)n12. The van der Waals surface area contributed by atoms with Crippen molar-refractivity contribution in [1.29, 1.82) is 0 Å². The van der Waals surface area contributed by atoms with Gasteiger partial charge in [-0.05, 0) is 37.3 Å². The van der Waals surface area contributed by atoms with Gasteiger partial charge in [-0.15, -0.1) is 0 Å². The largest absolute Gasteiger partial charge is 0.351 e. The zero-order valence-corrected chi connectivity index (χ0v) is 16.1. The Labute approximate surface area is 158 Å². The molecule has 2 aromatic heterocycles. The summed E-state index contributed by atoms with van der Waals surface area (Å²) in [6.07, 6.45) is 3.44. The van der Waals surface area contributed by atoms with Gasteiger partial charge < -0.3 is 5.32 Å². The average molecular weight is 366 g/mol. The Balaban J connectivity index is 1.71. The molecule has 6 nitrogen and oxygen atoms in total. The minimum Gasteiger partial charge on any atom is -0.351 e. The lowest BCUT2D eigenvalue weighted by atomic mass is 9.78. The Morgan fingerprint density at radius 1 is 1.26 bits per heavy atom. The molecule has 3 aromatic rings. The Kier molecular flexibility index (Phi) is 4.50. The van der Waals surface area contributed by atoms with Crippen LogP contribution in [-0.2, 0) is 11.3 Å². The fraction of sp³-hybridized carbons (Fsp3) is 0.476. The van der Waals surface area contributed by atoms with Gasteiger partial charge in [-0.3, -0.25) is 14.3 Å². The monoisotopic (exact) mass is 366 g/mol. The number of carbonyl (C=O) groups is 1. The summed E-state index contributed by atoms with van der Waals surface area (Å²) < 4.78 is 3.79. The topological polar surface area (TPSA) is 68.4 Å². The van der Waals surface area contributed by atoms with Crippen LogP contribution in [0.1, 0.15) is 38.8 Å². The molecule has 1 saturated carbocycles. The highest BCUT2D eigenvalue weighted by Crippen LogP contribution is 2.29. The lowest BCUT2D eigenvalue weighted by Crippen LogP contribution is -2.45. The molecule has 1 amide bonds. The number of carbonyl (C=O) groups excluding carboxylic acids is 1. The van der Waals surface area contributed by atoms with Crippen LogP contribution >= 0.6 is 0 Å². The van der Waals surface area contributed by atoms with Gasteiger partial charge in [-0.2, -0.15) is 4.98 Å². The standard InChI is InChI=1S/C21H26N4O2/c1-13-7-6-9-17(15(13)3)22-20(27)12-24-18-10-5-4-8-16(18)21-23-19(26)11-14(2)25(21)24/h4-5,8,10-11,13,15,17H,6-7,9,12H2,1-3H3,(H,22,27)/t13-,15-,17-/m1/s1. The number of aromatic nitrogens is 3. The number of nitrogens with one attached hydrogen (secondary N) is 1. The van der Waals surface area contributed by atoms with Crippen LogP contribution in [0.5, 0.6) is 0 Å². The van der Waals surface area contributed by atoms with Crippen LogP contribution in [0.25, 0.3) is 16.6 Å². The van der Waals surface area contributed by atoms with Gasteiger partial charge in [0.2, 0.25) is 5.91 Å². The van der Waals surface area contributed by atoms with E-state index in [4.69, 9.17) is 0 Å². The molecule has 142 valence electrons. The first kappa shape index (κ1) is 17.8. The maximum absolute atomic E-state index is 12.9. The van der Waals surface area contributed by atoms with Crippen molar-refractivity contribution in [3.8, 4) is 0 Å². The van der Waals surface area contributed by atoms with Crippen molar-refractivity contribution in [2.24, 2.45) is 11.8 Å². The number of hydrogen-bond acceptors (Lipinski definition) is 3. The Morgan fingerprint density at radius 3 is 2.85 bits per heavy atom. The van der Waals surface area contributed by atoms with E-state index in [9.17, 15) is 9.59 Å². The molecule has 1 aliphatic carbocycles. The molecule has 3 atom stereocenters. The quantitative estimate of drug-likeness (QED) is 0.775. The molecule has 1 aromatic carbocycles. The van der Waals surface area contributed by atoms with Gasteiger partial charge in [0.25, 0.3) is 5.56 Å². The zero-order chi connectivity index (χ0) is 19.1. The molecular weight excluding hydrogens is 340 g/mol. The van der Waals surface area contributed by atoms with Crippen molar-refractivity contribution in [2.75, 3.05) is 0 Å². The normalized spacial score (nSPS) is 23.0. The van der Waals surface area contributed by atoms with E-state index in [1.807, 2.05) is 40.4 Å². The third-order valence-corrected chi connectivity index (χ3v) is 6.09. The zero-order valence-electron chi connectivity index (χ0n) is 16.1. The summed E-state index contributed by atoms with van der Waals surface area (Å²) >= 11 is 0. The molecule has 27 heavy (non-hydrogen) atoms.